The Balaban J connectivity index is 1.38. The maximum Gasteiger partial charge on any atom is 0.178 e. The van der Waals surface area contributed by atoms with Crippen LogP contribution in [0.3, 0.4) is 0 Å². The molecule has 0 amide bonds. The second-order valence-corrected chi connectivity index (χ2v) is 8.57. The van der Waals surface area contributed by atoms with Crippen molar-refractivity contribution in [1.29, 1.82) is 0 Å². The molecule has 1 fully saturated rings. The van der Waals surface area contributed by atoms with Crippen molar-refractivity contribution in [2.45, 2.75) is 51.3 Å². The average Bonchev–Trinajstić information content (AvgIpc) is 3.35. The van der Waals surface area contributed by atoms with Crippen molar-refractivity contribution in [1.82, 2.24) is 24.8 Å². The average molecular weight is 404 g/mol. The number of rotatable bonds is 5. The molecule has 5 rings (SSSR count). The normalized spacial score (nSPS) is 19.9. The molecule has 0 atom stereocenters. The molecule has 1 aliphatic rings. The molecule has 1 aromatic carbocycles. The van der Waals surface area contributed by atoms with E-state index in [1.807, 2.05) is 26.3 Å². The van der Waals surface area contributed by atoms with Crippen LogP contribution in [-0.2, 0) is 11.3 Å². The van der Waals surface area contributed by atoms with Crippen molar-refractivity contribution in [3.63, 3.8) is 0 Å². The summed E-state index contributed by atoms with van der Waals surface area (Å²) < 4.78 is 5.52. The van der Waals surface area contributed by atoms with Crippen LogP contribution < -0.4 is 0 Å². The van der Waals surface area contributed by atoms with Crippen LogP contribution in [0.4, 0.5) is 0 Å². The van der Waals surface area contributed by atoms with E-state index in [1.54, 1.807) is 0 Å². The number of imidazole rings is 1. The van der Waals surface area contributed by atoms with E-state index in [0.29, 0.717) is 12.1 Å². The first-order chi connectivity index (χ1) is 14.6. The number of hydrogen-bond donors (Lipinski definition) is 2. The molecule has 1 saturated carbocycles. The Hall–Kier alpha value is -2.70. The van der Waals surface area contributed by atoms with Crippen LogP contribution in [0.25, 0.3) is 33.3 Å². The zero-order valence-electron chi connectivity index (χ0n) is 17.9. The van der Waals surface area contributed by atoms with Crippen LogP contribution in [0.5, 0.6) is 0 Å². The molecule has 0 unspecified atom stereocenters. The number of fused-ring (bicyclic) bond motifs is 2. The number of aromatic amines is 2. The second kappa shape index (κ2) is 7.85. The van der Waals surface area contributed by atoms with Gasteiger partial charge in [0.1, 0.15) is 5.82 Å². The highest BCUT2D eigenvalue weighted by Gasteiger charge is 2.23. The number of pyridine rings is 1. The van der Waals surface area contributed by atoms with E-state index in [1.165, 1.54) is 29.3 Å². The van der Waals surface area contributed by atoms with E-state index in [0.717, 1.165) is 47.6 Å². The van der Waals surface area contributed by atoms with E-state index in [9.17, 15) is 0 Å². The SMILES string of the molecule is COC1CCC(N(C)Cc2ccc3cc(-c4ccnc5nc(C)[nH]c45)[nH]c3c2)CC1. The molecule has 0 saturated heterocycles. The lowest BCUT2D eigenvalue weighted by atomic mass is 9.92. The lowest BCUT2D eigenvalue weighted by molar-refractivity contribution is 0.0427. The number of ether oxygens (including phenoxy) is 1. The fourth-order valence-corrected chi connectivity index (χ4v) is 4.81. The molecule has 156 valence electrons. The third-order valence-corrected chi connectivity index (χ3v) is 6.52. The molecular weight excluding hydrogens is 374 g/mol. The smallest absolute Gasteiger partial charge is 0.178 e. The largest absolute Gasteiger partial charge is 0.381 e. The number of benzene rings is 1. The number of aromatic nitrogens is 4. The van der Waals surface area contributed by atoms with E-state index >= 15 is 0 Å². The van der Waals surface area contributed by atoms with Gasteiger partial charge in [-0.1, -0.05) is 12.1 Å². The topological polar surface area (TPSA) is 69.8 Å². The first-order valence-electron chi connectivity index (χ1n) is 10.8. The van der Waals surface area contributed by atoms with Crippen molar-refractivity contribution < 1.29 is 4.74 Å². The first kappa shape index (κ1) is 19.3. The van der Waals surface area contributed by atoms with Crippen LogP contribution in [0, 0.1) is 6.92 Å². The summed E-state index contributed by atoms with van der Waals surface area (Å²) in [5.74, 6) is 0.880. The minimum Gasteiger partial charge on any atom is -0.381 e. The Morgan fingerprint density at radius 2 is 1.93 bits per heavy atom. The second-order valence-electron chi connectivity index (χ2n) is 8.57. The van der Waals surface area contributed by atoms with Crippen LogP contribution in [0.15, 0.2) is 36.5 Å². The maximum atomic E-state index is 5.52. The summed E-state index contributed by atoms with van der Waals surface area (Å²) in [6.07, 6.45) is 7.02. The summed E-state index contributed by atoms with van der Waals surface area (Å²) in [5, 5.41) is 1.22. The fraction of sp³-hybridized carbons (Fsp3) is 0.417. The summed E-state index contributed by atoms with van der Waals surface area (Å²) >= 11 is 0. The number of H-pyrrole nitrogens is 2. The fourth-order valence-electron chi connectivity index (χ4n) is 4.81. The van der Waals surface area contributed by atoms with E-state index in [4.69, 9.17) is 4.74 Å². The van der Waals surface area contributed by atoms with Gasteiger partial charge in [-0.3, -0.25) is 4.90 Å². The summed E-state index contributed by atoms with van der Waals surface area (Å²) in [5.41, 5.74) is 6.43. The lowest BCUT2D eigenvalue weighted by Crippen LogP contribution is -2.36. The molecule has 30 heavy (non-hydrogen) atoms. The van der Waals surface area contributed by atoms with Gasteiger partial charge in [0, 0.05) is 48.1 Å². The minimum atomic E-state index is 0.446. The monoisotopic (exact) mass is 403 g/mol. The Bertz CT molecular complexity index is 1170. The highest BCUT2D eigenvalue weighted by atomic mass is 16.5. The molecule has 0 radical (unpaired) electrons. The zero-order valence-corrected chi connectivity index (χ0v) is 17.9. The maximum absolute atomic E-state index is 5.52. The summed E-state index contributed by atoms with van der Waals surface area (Å²) in [7, 11) is 4.08. The van der Waals surface area contributed by atoms with Crippen molar-refractivity contribution in [3.8, 4) is 11.3 Å². The van der Waals surface area contributed by atoms with Gasteiger partial charge in [0.2, 0.25) is 0 Å². The predicted molar refractivity (Wildman–Crippen MR) is 120 cm³/mol. The molecule has 0 aliphatic heterocycles. The number of nitrogens with zero attached hydrogens (tertiary/aromatic N) is 3. The van der Waals surface area contributed by atoms with Gasteiger partial charge in [-0.15, -0.1) is 0 Å². The van der Waals surface area contributed by atoms with Gasteiger partial charge in [-0.2, -0.15) is 0 Å². The van der Waals surface area contributed by atoms with Gasteiger partial charge < -0.3 is 14.7 Å². The quantitative estimate of drug-likeness (QED) is 0.502. The number of aryl methyl sites for hydroxylation is 1. The number of hydrogen-bond acceptors (Lipinski definition) is 4. The van der Waals surface area contributed by atoms with Gasteiger partial charge >= 0.3 is 0 Å². The number of nitrogens with one attached hydrogen (secondary N) is 2. The summed E-state index contributed by atoms with van der Waals surface area (Å²) in [6.45, 7) is 2.92. The molecule has 3 aromatic heterocycles. The van der Waals surface area contributed by atoms with Crippen LogP contribution in [0.1, 0.15) is 37.1 Å². The van der Waals surface area contributed by atoms with Crippen LogP contribution in [0.2, 0.25) is 0 Å². The molecule has 1 aliphatic carbocycles. The van der Waals surface area contributed by atoms with Gasteiger partial charge in [0.05, 0.1) is 11.6 Å². The first-order valence-corrected chi connectivity index (χ1v) is 10.8. The highest BCUT2D eigenvalue weighted by molar-refractivity contribution is 5.94. The van der Waals surface area contributed by atoms with E-state index in [2.05, 4.69) is 56.1 Å². The summed E-state index contributed by atoms with van der Waals surface area (Å²) in [4.78, 5) is 18.3. The predicted octanol–water partition coefficient (Wildman–Crippen LogP) is 4.80. The van der Waals surface area contributed by atoms with Crippen molar-refractivity contribution in [3.05, 3.63) is 47.9 Å². The Morgan fingerprint density at radius 3 is 2.73 bits per heavy atom. The molecule has 6 nitrogen and oxygen atoms in total. The standard InChI is InChI=1S/C24H29N5O/c1-15-26-23-20(10-11-25-24(23)27-15)22-13-17-5-4-16(12-21(17)28-22)14-29(2)18-6-8-19(30-3)9-7-18/h4-5,10-13,18-19,28H,6-9,14H2,1-3H3,(H,25,26,27). The van der Waals surface area contributed by atoms with E-state index < -0.39 is 0 Å². The Labute approximate surface area is 176 Å². The third-order valence-electron chi connectivity index (χ3n) is 6.52. The molecule has 6 heteroatoms. The lowest BCUT2D eigenvalue weighted by Gasteiger charge is -2.34. The number of methoxy groups -OCH3 is 1. The summed E-state index contributed by atoms with van der Waals surface area (Å²) in [6, 6.07) is 11.6. The van der Waals surface area contributed by atoms with Gasteiger partial charge in [0.25, 0.3) is 0 Å². The molecule has 3 heterocycles. The van der Waals surface area contributed by atoms with Crippen LogP contribution in [-0.4, -0.2) is 51.1 Å². The molecule has 0 spiro atoms. The van der Waals surface area contributed by atoms with Gasteiger partial charge in [0.15, 0.2) is 5.65 Å². The van der Waals surface area contributed by atoms with Gasteiger partial charge in [-0.25, -0.2) is 9.97 Å². The molecule has 4 aromatic rings. The molecule has 2 N–H and O–H groups in total. The van der Waals surface area contributed by atoms with E-state index in [-0.39, 0.29) is 0 Å². The van der Waals surface area contributed by atoms with Crippen molar-refractivity contribution in [2.75, 3.05) is 14.2 Å². The Morgan fingerprint density at radius 1 is 1.10 bits per heavy atom. The highest BCUT2D eigenvalue weighted by Crippen LogP contribution is 2.30. The van der Waals surface area contributed by atoms with Crippen molar-refractivity contribution >= 4 is 22.1 Å². The molecular formula is C24H29N5O. The minimum absolute atomic E-state index is 0.446. The zero-order chi connectivity index (χ0) is 20.7. The van der Waals surface area contributed by atoms with Gasteiger partial charge in [-0.05, 0) is 63.4 Å². The Kier molecular flexibility index (Phi) is 5.05. The van der Waals surface area contributed by atoms with Crippen LogP contribution >= 0.6 is 0 Å². The third kappa shape index (κ3) is 3.61. The van der Waals surface area contributed by atoms with Crippen molar-refractivity contribution in [2.24, 2.45) is 0 Å². The molecule has 0 bridgehead atoms.